The van der Waals surface area contributed by atoms with E-state index in [1.807, 2.05) is 13.8 Å². The van der Waals surface area contributed by atoms with Gasteiger partial charge in [0.25, 0.3) is 0 Å². The summed E-state index contributed by atoms with van der Waals surface area (Å²) in [6.07, 6.45) is 0. The maximum Gasteiger partial charge on any atom is 0.468 e. The van der Waals surface area contributed by atoms with E-state index in [0.717, 1.165) is 10.2 Å². The number of amides is 1. The van der Waals surface area contributed by atoms with E-state index in [-0.39, 0.29) is 12.2 Å². The van der Waals surface area contributed by atoms with Gasteiger partial charge in [-0.1, -0.05) is 6.07 Å². The van der Waals surface area contributed by atoms with E-state index in [2.05, 4.69) is 10.4 Å². The molecule has 0 fully saturated rings. The van der Waals surface area contributed by atoms with Gasteiger partial charge in [0.2, 0.25) is 5.91 Å². The molecular weight excluding hydrogens is 386 g/mol. The molecular formula is C17H21N5O7. The summed E-state index contributed by atoms with van der Waals surface area (Å²) in [6.45, 7) is 5.70. The van der Waals surface area contributed by atoms with Crippen molar-refractivity contribution in [1.82, 2.24) is 15.1 Å². The van der Waals surface area contributed by atoms with Crippen LogP contribution >= 0.6 is 0 Å². The number of nitro groups is 2. The fourth-order valence-corrected chi connectivity index (χ4v) is 2.61. The second kappa shape index (κ2) is 9.48. The number of aromatic nitrogens is 2. The summed E-state index contributed by atoms with van der Waals surface area (Å²) in [5.41, 5.74) is -0.0494. The quantitative estimate of drug-likeness (QED) is 0.464. The molecule has 1 aromatic heterocycles. The molecule has 0 unspecified atom stereocenters. The molecule has 0 spiro atoms. The lowest BCUT2D eigenvalue weighted by molar-refractivity contribution is -0.424. The summed E-state index contributed by atoms with van der Waals surface area (Å²) in [6, 6.07) is 5.24. The Bertz CT molecular complexity index is 925. The summed E-state index contributed by atoms with van der Waals surface area (Å²) in [5, 5.41) is 28.2. The van der Waals surface area contributed by atoms with Gasteiger partial charge in [-0.3, -0.25) is 14.9 Å². The van der Waals surface area contributed by atoms with Crippen molar-refractivity contribution in [2.24, 2.45) is 0 Å². The summed E-state index contributed by atoms with van der Waals surface area (Å²) in [4.78, 5) is 32.4. The van der Waals surface area contributed by atoms with E-state index < -0.39 is 33.8 Å². The molecule has 2 aromatic rings. The number of hydrogen-bond donors (Lipinski definition) is 1. The lowest BCUT2D eigenvalue weighted by atomic mass is 10.2. The number of carbonyl (C=O) groups excluding carboxylic acids is 1. The van der Waals surface area contributed by atoms with E-state index in [9.17, 15) is 25.0 Å². The number of hydrogen-bond acceptors (Lipinski definition) is 8. The van der Waals surface area contributed by atoms with E-state index in [0.29, 0.717) is 24.7 Å². The Morgan fingerprint density at radius 2 is 1.79 bits per heavy atom. The van der Waals surface area contributed by atoms with Crippen molar-refractivity contribution in [3.8, 4) is 11.5 Å². The van der Waals surface area contributed by atoms with Crippen molar-refractivity contribution in [2.45, 2.75) is 33.9 Å². The Morgan fingerprint density at radius 1 is 1.14 bits per heavy atom. The molecule has 12 nitrogen and oxygen atoms in total. The van der Waals surface area contributed by atoms with Crippen LogP contribution in [-0.2, 0) is 17.9 Å². The maximum atomic E-state index is 12.2. The predicted molar refractivity (Wildman–Crippen MR) is 101 cm³/mol. The molecule has 0 saturated carbocycles. The van der Waals surface area contributed by atoms with Crippen molar-refractivity contribution in [3.63, 3.8) is 0 Å². The largest absolute Gasteiger partial charge is 0.490 e. The first-order valence-corrected chi connectivity index (χ1v) is 8.79. The summed E-state index contributed by atoms with van der Waals surface area (Å²) >= 11 is 0. The average Bonchev–Trinajstić information content (AvgIpc) is 2.99. The average molecular weight is 407 g/mol. The molecule has 0 radical (unpaired) electrons. The number of rotatable bonds is 10. The molecule has 1 aromatic carbocycles. The van der Waals surface area contributed by atoms with Gasteiger partial charge in [0.15, 0.2) is 11.5 Å². The fourth-order valence-electron chi connectivity index (χ4n) is 2.61. The van der Waals surface area contributed by atoms with Crippen LogP contribution < -0.4 is 14.8 Å². The highest BCUT2D eigenvalue weighted by Crippen LogP contribution is 2.29. The molecule has 0 aliphatic heterocycles. The van der Waals surface area contributed by atoms with Crippen molar-refractivity contribution >= 4 is 17.4 Å². The zero-order valence-electron chi connectivity index (χ0n) is 16.2. The van der Waals surface area contributed by atoms with Gasteiger partial charge in [-0.25, -0.2) is 0 Å². The van der Waals surface area contributed by atoms with E-state index in [1.54, 1.807) is 18.2 Å². The highest BCUT2D eigenvalue weighted by molar-refractivity contribution is 5.76. The van der Waals surface area contributed by atoms with Crippen LogP contribution in [0.4, 0.5) is 11.5 Å². The number of carbonyl (C=O) groups is 1. The molecule has 1 N–H and O–H groups in total. The minimum absolute atomic E-state index is 0.0726. The lowest BCUT2D eigenvalue weighted by Crippen LogP contribution is -2.28. The minimum Gasteiger partial charge on any atom is -0.490 e. The smallest absolute Gasteiger partial charge is 0.468 e. The monoisotopic (exact) mass is 407 g/mol. The van der Waals surface area contributed by atoms with Gasteiger partial charge in [-0.05, 0) is 43.4 Å². The molecule has 12 heteroatoms. The van der Waals surface area contributed by atoms with Crippen molar-refractivity contribution in [1.29, 1.82) is 0 Å². The van der Waals surface area contributed by atoms with Crippen LogP contribution in [0.3, 0.4) is 0 Å². The van der Waals surface area contributed by atoms with E-state index in [4.69, 9.17) is 9.47 Å². The first-order valence-electron chi connectivity index (χ1n) is 8.79. The number of benzene rings is 1. The van der Waals surface area contributed by atoms with Crippen LogP contribution in [-0.4, -0.2) is 38.7 Å². The summed E-state index contributed by atoms with van der Waals surface area (Å²) in [5.74, 6) is -0.258. The topological polar surface area (TPSA) is 152 Å². The van der Waals surface area contributed by atoms with Gasteiger partial charge in [0.1, 0.15) is 12.2 Å². The molecule has 0 atom stereocenters. The number of nitrogens with zero attached hydrogens (tertiary/aromatic N) is 4. The van der Waals surface area contributed by atoms with Crippen LogP contribution in [0, 0.1) is 27.2 Å². The summed E-state index contributed by atoms with van der Waals surface area (Å²) in [7, 11) is 0. The van der Waals surface area contributed by atoms with Crippen LogP contribution in [0.2, 0.25) is 0 Å². The number of ether oxygens (including phenoxy) is 2. The molecule has 29 heavy (non-hydrogen) atoms. The standard InChI is InChI=1S/C17H21N5O7/c1-4-28-13-7-6-12(8-14(13)29-5-2)9-18-15(23)10-20-11(3)16(21(24)25)17(19-20)22(26)27/h6-8H,4-5,9-10H2,1-3H3,(H,18,23). The third-order valence-electron chi connectivity index (χ3n) is 3.90. The third-order valence-corrected chi connectivity index (χ3v) is 3.90. The molecule has 1 amide bonds. The van der Waals surface area contributed by atoms with Crippen molar-refractivity contribution < 1.29 is 24.1 Å². The highest BCUT2D eigenvalue weighted by Gasteiger charge is 2.35. The Balaban J connectivity index is 2.09. The first kappa shape index (κ1) is 21.6. The zero-order valence-corrected chi connectivity index (χ0v) is 16.2. The predicted octanol–water partition coefficient (Wildman–Crippen LogP) is 2.12. The lowest BCUT2D eigenvalue weighted by Gasteiger charge is -2.12. The number of nitrogens with one attached hydrogen (secondary N) is 1. The molecule has 156 valence electrons. The molecule has 2 rings (SSSR count). The van der Waals surface area contributed by atoms with Gasteiger partial charge in [0, 0.05) is 6.54 Å². The minimum atomic E-state index is -0.950. The molecule has 1 heterocycles. The Kier molecular flexibility index (Phi) is 7.06. The molecule has 0 aliphatic carbocycles. The van der Waals surface area contributed by atoms with Gasteiger partial charge < -0.3 is 24.9 Å². The normalized spacial score (nSPS) is 10.4. The van der Waals surface area contributed by atoms with Crippen molar-refractivity contribution in [3.05, 3.63) is 49.7 Å². The fraction of sp³-hybridized carbons (Fsp3) is 0.412. The third kappa shape index (κ3) is 5.18. The van der Waals surface area contributed by atoms with Gasteiger partial charge in [-0.2, -0.15) is 4.68 Å². The van der Waals surface area contributed by atoms with Gasteiger partial charge in [0.05, 0.1) is 23.2 Å². The first-order chi connectivity index (χ1) is 13.8. The zero-order chi connectivity index (χ0) is 21.6. The summed E-state index contributed by atoms with van der Waals surface area (Å²) < 4.78 is 12.0. The highest BCUT2D eigenvalue weighted by atomic mass is 16.6. The molecule has 0 bridgehead atoms. The van der Waals surface area contributed by atoms with Crippen LogP contribution in [0.15, 0.2) is 18.2 Å². The van der Waals surface area contributed by atoms with Crippen LogP contribution in [0.25, 0.3) is 0 Å². The van der Waals surface area contributed by atoms with Crippen molar-refractivity contribution in [2.75, 3.05) is 13.2 Å². The Hall–Kier alpha value is -3.70. The van der Waals surface area contributed by atoms with Gasteiger partial charge >= 0.3 is 11.5 Å². The molecule has 0 aliphatic rings. The maximum absolute atomic E-state index is 12.2. The van der Waals surface area contributed by atoms with Crippen LogP contribution in [0.5, 0.6) is 11.5 Å². The molecule has 0 saturated heterocycles. The Morgan fingerprint density at radius 3 is 2.34 bits per heavy atom. The second-order valence-electron chi connectivity index (χ2n) is 5.85. The Labute approximate surface area is 165 Å². The van der Waals surface area contributed by atoms with E-state index in [1.165, 1.54) is 6.92 Å². The van der Waals surface area contributed by atoms with E-state index >= 15 is 0 Å². The SMILES string of the molecule is CCOc1ccc(CNC(=O)Cn2nc([N+](=O)[O-])c([N+](=O)[O-])c2C)cc1OCC. The van der Waals surface area contributed by atoms with Crippen LogP contribution in [0.1, 0.15) is 25.1 Å². The second-order valence-corrected chi connectivity index (χ2v) is 5.85. The van der Waals surface area contributed by atoms with Gasteiger partial charge in [-0.15, -0.1) is 0 Å².